The molecule has 4 aromatic rings. The van der Waals surface area contributed by atoms with Gasteiger partial charge in [-0.15, -0.1) is 0 Å². The number of aromatic nitrogens is 1. The van der Waals surface area contributed by atoms with Crippen molar-refractivity contribution in [1.29, 1.82) is 0 Å². The zero-order chi connectivity index (χ0) is 22.9. The summed E-state index contributed by atoms with van der Waals surface area (Å²) in [6.07, 6.45) is 0.309. The molecule has 0 fully saturated rings. The summed E-state index contributed by atoms with van der Waals surface area (Å²) in [5, 5.41) is 4.93. The molecule has 7 heteroatoms. The van der Waals surface area contributed by atoms with E-state index in [1.807, 2.05) is 49.5 Å². The lowest BCUT2D eigenvalue weighted by Crippen LogP contribution is -2.42. The highest BCUT2D eigenvalue weighted by Gasteiger charge is 2.35. The van der Waals surface area contributed by atoms with E-state index in [4.69, 9.17) is 21.1 Å². The first kappa shape index (κ1) is 21.2. The molecule has 168 valence electrons. The summed E-state index contributed by atoms with van der Waals surface area (Å²) < 4.78 is 10.9. The number of nitrogens with one attached hydrogen (secondary N) is 2. The number of H-pyrrole nitrogens is 1. The van der Waals surface area contributed by atoms with E-state index in [0.29, 0.717) is 29.5 Å². The number of aromatic amines is 1. The van der Waals surface area contributed by atoms with Gasteiger partial charge in [0.25, 0.3) is 0 Å². The minimum absolute atomic E-state index is 0.309. The number of fused-ring (bicyclic) bond motifs is 3. The molecule has 3 aromatic carbocycles. The molecular weight excluding hydrogens is 438 g/mol. The van der Waals surface area contributed by atoms with E-state index in [0.717, 1.165) is 27.8 Å². The summed E-state index contributed by atoms with van der Waals surface area (Å²) in [4.78, 5) is 18.7. The number of benzene rings is 3. The predicted molar refractivity (Wildman–Crippen MR) is 131 cm³/mol. The number of carbonyl (C=O) groups excluding carboxylic acids is 1. The van der Waals surface area contributed by atoms with E-state index in [9.17, 15) is 4.79 Å². The van der Waals surface area contributed by atoms with Gasteiger partial charge < -0.3 is 19.8 Å². The van der Waals surface area contributed by atoms with Crippen LogP contribution in [0.2, 0.25) is 5.02 Å². The first-order valence-electron chi connectivity index (χ1n) is 10.8. The van der Waals surface area contributed by atoms with Gasteiger partial charge in [-0.3, -0.25) is 4.90 Å². The summed E-state index contributed by atoms with van der Waals surface area (Å²) in [6, 6.07) is 20.6. The molecule has 1 aliphatic heterocycles. The molecule has 1 unspecified atom stereocenters. The lowest BCUT2D eigenvalue weighted by molar-refractivity contribution is 0.135. The second-order valence-corrected chi connectivity index (χ2v) is 8.41. The zero-order valence-electron chi connectivity index (χ0n) is 18.4. The maximum atomic E-state index is 13.3. The number of methoxy groups -OCH3 is 1. The van der Waals surface area contributed by atoms with Crippen molar-refractivity contribution in [2.75, 3.05) is 26.0 Å². The SMILES string of the molecule is CNc1ccc(C2c3[nH]c4ccc(Cl)cc4c3CCN2C(=O)Oc2ccc(OC)cc2)cc1. The molecule has 5 rings (SSSR count). The minimum atomic E-state index is -0.398. The Balaban J connectivity index is 1.54. The molecular formula is C26H24ClN3O3. The van der Waals surface area contributed by atoms with Gasteiger partial charge in [0.1, 0.15) is 17.5 Å². The summed E-state index contributed by atoms with van der Waals surface area (Å²) in [6.45, 7) is 0.528. The predicted octanol–water partition coefficient (Wildman–Crippen LogP) is 6.02. The Labute approximate surface area is 197 Å². The van der Waals surface area contributed by atoms with Gasteiger partial charge in [-0.05, 0) is 72.1 Å². The molecule has 1 aromatic heterocycles. The Hall–Kier alpha value is -3.64. The number of anilines is 1. The lowest BCUT2D eigenvalue weighted by Gasteiger charge is -2.35. The third-order valence-corrected chi connectivity index (χ3v) is 6.34. The number of carbonyl (C=O) groups is 1. The van der Waals surface area contributed by atoms with Crippen LogP contribution in [0.3, 0.4) is 0 Å². The van der Waals surface area contributed by atoms with Crippen LogP contribution in [0.4, 0.5) is 10.5 Å². The monoisotopic (exact) mass is 461 g/mol. The van der Waals surface area contributed by atoms with E-state index < -0.39 is 6.09 Å². The Kier molecular flexibility index (Phi) is 5.60. The van der Waals surface area contributed by atoms with Crippen molar-refractivity contribution in [3.63, 3.8) is 0 Å². The number of nitrogens with zero attached hydrogens (tertiary/aromatic N) is 1. The molecule has 0 saturated heterocycles. The Morgan fingerprint density at radius 3 is 2.48 bits per heavy atom. The third kappa shape index (κ3) is 3.98. The van der Waals surface area contributed by atoms with Crippen molar-refractivity contribution in [2.24, 2.45) is 0 Å². The van der Waals surface area contributed by atoms with E-state index in [2.05, 4.69) is 10.3 Å². The first-order valence-corrected chi connectivity index (χ1v) is 11.2. The highest BCUT2D eigenvalue weighted by Crippen LogP contribution is 2.39. The zero-order valence-corrected chi connectivity index (χ0v) is 19.1. The summed E-state index contributed by atoms with van der Waals surface area (Å²) in [7, 11) is 3.48. The standard InChI is InChI=1S/C26H24ClN3O3/c1-28-18-6-3-16(4-7-18)25-24-21(22-15-17(27)5-12-23(22)29-24)13-14-30(25)26(31)33-20-10-8-19(32-2)9-11-20/h3-12,15,25,28-29H,13-14H2,1-2H3. The van der Waals surface area contributed by atoms with E-state index >= 15 is 0 Å². The van der Waals surface area contributed by atoms with Crippen molar-refractivity contribution in [3.8, 4) is 11.5 Å². The number of halogens is 1. The maximum Gasteiger partial charge on any atom is 0.416 e. The molecule has 2 heterocycles. The second-order valence-electron chi connectivity index (χ2n) is 7.97. The average Bonchev–Trinajstić information content (AvgIpc) is 3.21. The molecule has 0 aliphatic carbocycles. The van der Waals surface area contributed by atoms with Crippen LogP contribution in [0, 0.1) is 0 Å². The van der Waals surface area contributed by atoms with Crippen LogP contribution in [-0.2, 0) is 6.42 Å². The van der Waals surface area contributed by atoms with E-state index in [1.54, 1.807) is 36.3 Å². The van der Waals surface area contributed by atoms with Crippen LogP contribution >= 0.6 is 11.6 Å². The number of amides is 1. The summed E-state index contributed by atoms with van der Waals surface area (Å²) in [5.74, 6) is 1.18. The van der Waals surface area contributed by atoms with Crippen LogP contribution in [0.1, 0.15) is 22.9 Å². The Morgan fingerprint density at radius 2 is 1.79 bits per heavy atom. The van der Waals surface area contributed by atoms with Gasteiger partial charge in [0, 0.05) is 40.9 Å². The van der Waals surface area contributed by atoms with Gasteiger partial charge >= 0.3 is 6.09 Å². The molecule has 0 saturated carbocycles. The van der Waals surface area contributed by atoms with E-state index in [1.165, 1.54) is 5.56 Å². The summed E-state index contributed by atoms with van der Waals surface area (Å²) >= 11 is 6.28. The fourth-order valence-corrected chi connectivity index (χ4v) is 4.61. The molecule has 1 aliphatic rings. The minimum Gasteiger partial charge on any atom is -0.497 e. The van der Waals surface area contributed by atoms with Crippen LogP contribution in [-0.4, -0.2) is 36.7 Å². The largest absolute Gasteiger partial charge is 0.497 e. The molecule has 0 spiro atoms. The molecule has 0 radical (unpaired) electrons. The first-order chi connectivity index (χ1) is 16.1. The third-order valence-electron chi connectivity index (χ3n) is 6.10. The van der Waals surface area contributed by atoms with Gasteiger partial charge in [0.05, 0.1) is 7.11 Å². The van der Waals surface area contributed by atoms with Crippen LogP contribution in [0.15, 0.2) is 66.7 Å². The quantitative estimate of drug-likeness (QED) is 0.390. The smallest absolute Gasteiger partial charge is 0.416 e. The molecule has 33 heavy (non-hydrogen) atoms. The van der Waals surface area contributed by atoms with Crippen LogP contribution < -0.4 is 14.8 Å². The number of hydrogen-bond donors (Lipinski definition) is 2. The average molecular weight is 462 g/mol. The number of rotatable bonds is 4. The van der Waals surface area contributed by atoms with Gasteiger partial charge in [0.15, 0.2) is 0 Å². The van der Waals surface area contributed by atoms with Crippen LogP contribution in [0.25, 0.3) is 10.9 Å². The molecule has 2 N–H and O–H groups in total. The molecule has 6 nitrogen and oxygen atoms in total. The lowest BCUT2D eigenvalue weighted by atomic mass is 9.92. The van der Waals surface area contributed by atoms with Crippen LogP contribution in [0.5, 0.6) is 11.5 Å². The normalized spacial score (nSPS) is 15.2. The Bertz CT molecular complexity index is 1300. The molecule has 1 atom stereocenters. The fraction of sp³-hybridized carbons (Fsp3) is 0.192. The highest BCUT2D eigenvalue weighted by atomic mass is 35.5. The highest BCUT2D eigenvalue weighted by molar-refractivity contribution is 6.31. The maximum absolute atomic E-state index is 13.3. The summed E-state index contributed by atoms with van der Waals surface area (Å²) in [5.41, 5.74) is 5.18. The van der Waals surface area contributed by atoms with Gasteiger partial charge in [-0.1, -0.05) is 23.7 Å². The van der Waals surface area contributed by atoms with Crippen molar-refractivity contribution in [3.05, 3.63) is 88.6 Å². The van der Waals surface area contributed by atoms with E-state index in [-0.39, 0.29) is 6.04 Å². The molecule has 0 bridgehead atoms. The van der Waals surface area contributed by atoms with Gasteiger partial charge in [-0.25, -0.2) is 4.79 Å². The number of hydrogen-bond acceptors (Lipinski definition) is 4. The van der Waals surface area contributed by atoms with Gasteiger partial charge in [-0.2, -0.15) is 0 Å². The van der Waals surface area contributed by atoms with Gasteiger partial charge in [0.2, 0.25) is 0 Å². The van der Waals surface area contributed by atoms with Crippen molar-refractivity contribution in [2.45, 2.75) is 12.5 Å². The topological polar surface area (TPSA) is 66.6 Å². The number of ether oxygens (including phenoxy) is 2. The van der Waals surface area contributed by atoms with Crippen molar-refractivity contribution in [1.82, 2.24) is 9.88 Å². The fourth-order valence-electron chi connectivity index (χ4n) is 4.44. The second kappa shape index (κ2) is 8.71. The molecule has 1 amide bonds. The van der Waals surface area contributed by atoms with Crippen molar-refractivity contribution < 1.29 is 14.3 Å². The Morgan fingerprint density at radius 1 is 1.06 bits per heavy atom. The van der Waals surface area contributed by atoms with Crippen molar-refractivity contribution >= 4 is 34.3 Å².